The fraction of sp³-hybridized carbons (Fsp3) is 0.562. The summed E-state index contributed by atoms with van der Waals surface area (Å²) in [7, 11) is -2.96. The molecule has 0 radical (unpaired) electrons. The van der Waals surface area contributed by atoms with Gasteiger partial charge in [-0.05, 0) is 55.7 Å². The van der Waals surface area contributed by atoms with E-state index in [-0.39, 0.29) is 41.5 Å². The maximum Gasteiger partial charge on any atom is 0.193 e. The summed E-state index contributed by atoms with van der Waals surface area (Å²) in [4.78, 5) is 4.25. The number of rotatable bonds is 3. The van der Waals surface area contributed by atoms with Gasteiger partial charge >= 0.3 is 0 Å². The number of fused-ring (bicyclic) bond motifs is 1. The molecule has 1 aliphatic carbocycles. The molecule has 1 aliphatic heterocycles. The van der Waals surface area contributed by atoms with Gasteiger partial charge in [-0.25, -0.2) is 8.42 Å². The largest absolute Gasteiger partial charge is 0.370 e. The summed E-state index contributed by atoms with van der Waals surface area (Å²) >= 11 is 0. The summed E-state index contributed by atoms with van der Waals surface area (Å²) < 4.78 is 23.6. The van der Waals surface area contributed by atoms with Crippen LogP contribution >= 0.6 is 24.0 Å². The van der Waals surface area contributed by atoms with Crippen molar-refractivity contribution in [1.29, 1.82) is 0 Å². The summed E-state index contributed by atoms with van der Waals surface area (Å²) in [5, 5.41) is 2.79. The van der Waals surface area contributed by atoms with Crippen LogP contribution in [-0.4, -0.2) is 31.9 Å². The maximum absolute atomic E-state index is 11.8. The zero-order valence-corrected chi connectivity index (χ0v) is 16.3. The summed E-state index contributed by atoms with van der Waals surface area (Å²) in [6.07, 6.45) is 6.04. The van der Waals surface area contributed by atoms with E-state index < -0.39 is 9.84 Å². The zero-order chi connectivity index (χ0) is 15.6. The van der Waals surface area contributed by atoms with Crippen LogP contribution in [0.4, 0.5) is 5.69 Å². The number of halogens is 1. The van der Waals surface area contributed by atoms with E-state index >= 15 is 0 Å². The Balaban J connectivity index is 0.00000192. The Morgan fingerprint density at radius 2 is 2.04 bits per heavy atom. The first kappa shape index (κ1) is 18.5. The Morgan fingerprint density at radius 1 is 1.26 bits per heavy atom. The summed E-state index contributed by atoms with van der Waals surface area (Å²) in [6.45, 7) is 0.260. The smallest absolute Gasteiger partial charge is 0.193 e. The van der Waals surface area contributed by atoms with Crippen molar-refractivity contribution >= 4 is 45.5 Å². The Hall–Kier alpha value is -0.830. The first-order valence-corrected chi connectivity index (χ1v) is 9.67. The average Bonchev–Trinajstić information content (AvgIpc) is 2.84. The second kappa shape index (κ2) is 7.83. The highest BCUT2D eigenvalue weighted by Crippen LogP contribution is 2.27. The predicted molar refractivity (Wildman–Crippen MR) is 105 cm³/mol. The second-order valence-corrected chi connectivity index (χ2v) is 8.53. The van der Waals surface area contributed by atoms with Crippen molar-refractivity contribution in [2.24, 2.45) is 10.7 Å². The van der Waals surface area contributed by atoms with Crippen molar-refractivity contribution in [2.45, 2.75) is 43.8 Å². The van der Waals surface area contributed by atoms with Crippen molar-refractivity contribution in [3.8, 4) is 0 Å². The Morgan fingerprint density at radius 3 is 2.78 bits per heavy atom. The van der Waals surface area contributed by atoms with Crippen molar-refractivity contribution in [3.63, 3.8) is 0 Å². The van der Waals surface area contributed by atoms with Crippen LogP contribution in [0.1, 0.15) is 36.8 Å². The van der Waals surface area contributed by atoms with E-state index in [0.717, 1.165) is 24.9 Å². The van der Waals surface area contributed by atoms with Crippen LogP contribution in [0.15, 0.2) is 23.2 Å². The van der Waals surface area contributed by atoms with Gasteiger partial charge in [-0.1, -0.05) is 12.1 Å². The number of aliphatic imine (C=N–C) groups is 1. The van der Waals surface area contributed by atoms with E-state index in [0.29, 0.717) is 12.4 Å². The SMILES string of the molecule is I.NC(=NCC1CCCS1(=O)=O)Nc1cccc2c1CCCC2. The second-order valence-electron chi connectivity index (χ2n) is 6.13. The number of nitrogens with zero attached hydrogens (tertiary/aromatic N) is 1. The molecule has 128 valence electrons. The third-order valence-corrected chi connectivity index (χ3v) is 6.84. The van der Waals surface area contributed by atoms with Crippen molar-refractivity contribution in [2.75, 3.05) is 17.6 Å². The summed E-state index contributed by atoms with van der Waals surface area (Å²) in [5.74, 6) is 0.591. The number of nitrogens with two attached hydrogens (primary N) is 1. The highest BCUT2D eigenvalue weighted by molar-refractivity contribution is 14.0. The van der Waals surface area contributed by atoms with E-state index in [1.165, 1.54) is 24.0 Å². The van der Waals surface area contributed by atoms with E-state index in [1.807, 2.05) is 12.1 Å². The van der Waals surface area contributed by atoms with Gasteiger partial charge < -0.3 is 11.1 Å². The van der Waals surface area contributed by atoms with Crippen molar-refractivity contribution in [1.82, 2.24) is 0 Å². The van der Waals surface area contributed by atoms with Crippen molar-refractivity contribution < 1.29 is 8.42 Å². The van der Waals surface area contributed by atoms with Gasteiger partial charge in [-0.15, -0.1) is 24.0 Å². The minimum Gasteiger partial charge on any atom is -0.370 e. The lowest BCUT2D eigenvalue weighted by molar-refractivity contribution is 0.590. The first-order chi connectivity index (χ1) is 10.6. The molecular weight excluding hydrogens is 425 g/mol. The first-order valence-electron chi connectivity index (χ1n) is 7.95. The standard InChI is InChI=1S/C16H23N3O2S.HI/c17-16(18-11-13-7-4-10-22(13,20)21)19-15-9-3-6-12-5-1-2-8-14(12)15;/h3,6,9,13H,1-2,4-5,7-8,10-11H2,(H3,17,18,19);1H. The number of aryl methyl sites for hydroxylation is 1. The third kappa shape index (κ3) is 4.37. The van der Waals surface area contributed by atoms with E-state index in [4.69, 9.17) is 5.73 Å². The van der Waals surface area contributed by atoms with E-state index in [2.05, 4.69) is 16.4 Å². The molecule has 3 rings (SSSR count). The lowest BCUT2D eigenvalue weighted by Crippen LogP contribution is -2.27. The van der Waals surface area contributed by atoms with Gasteiger partial charge in [0.25, 0.3) is 0 Å². The van der Waals surface area contributed by atoms with Gasteiger partial charge in [-0.3, -0.25) is 4.99 Å². The molecule has 0 amide bonds. The fourth-order valence-electron chi connectivity index (χ4n) is 3.34. The molecule has 3 N–H and O–H groups in total. The minimum atomic E-state index is -2.96. The molecule has 0 spiro atoms. The normalized spacial score (nSPS) is 23.0. The molecule has 1 unspecified atom stereocenters. The molecule has 1 aromatic rings. The fourth-order valence-corrected chi connectivity index (χ4v) is 5.07. The Kier molecular flexibility index (Phi) is 6.30. The van der Waals surface area contributed by atoms with Crippen LogP contribution < -0.4 is 11.1 Å². The number of anilines is 1. The molecular formula is C16H24IN3O2S. The van der Waals surface area contributed by atoms with Crippen LogP contribution in [-0.2, 0) is 22.7 Å². The molecule has 23 heavy (non-hydrogen) atoms. The van der Waals surface area contributed by atoms with Crippen LogP contribution in [0.5, 0.6) is 0 Å². The Bertz CT molecular complexity index is 689. The van der Waals surface area contributed by atoms with Crippen LogP contribution in [0.25, 0.3) is 0 Å². The number of guanidine groups is 1. The molecule has 0 saturated carbocycles. The highest BCUT2D eigenvalue weighted by Gasteiger charge is 2.30. The predicted octanol–water partition coefficient (Wildman–Crippen LogP) is 2.49. The number of hydrogen-bond donors (Lipinski definition) is 2. The molecule has 2 aliphatic rings. The molecule has 1 aromatic carbocycles. The third-order valence-electron chi connectivity index (χ3n) is 4.59. The topological polar surface area (TPSA) is 84.5 Å². The average molecular weight is 449 g/mol. The van der Waals surface area contributed by atoms with E-state index in [1.54, 1.807) is 0 Å². The number of nitrogens with one attached hydrogen (secondary N) is 1. The summed E-state index contributed by atoms with van der Waals surface area (Å²) in [6, 6.07) is 6.21. The molecule has 1 saturated heterocycles. The van der Waals surface area contributed by atoms with Crippen LogP contribution in [0, 0.1) is 0 Å². The lowest BCUT2D eigenvalue weighted by Gasteiger charge is -2.20. The van der Waals surface area contributed by atoms with Gasteiger partial charge in [0.2, 0.25) is 0 Å². The van der Waals surface area contributed by atoms with Crippen LogP contribution in [0.2, 0.25) is 0 Å². The van der Waals surface area contributed by atoms with Gasteiger partial charge in [0.1, 0.15) is 0 Å². The van der Waals surface area contributed by atoms with Gasteiger partial charge in [0.05, 0.1) is 17.5 Å². The highest BCUT2D eigenvalue weighted by atomic mass is 127. The van der Waals surface area contributed by atoms with Gasteiger partial charge in [0, 0.05) is 5.69 Å². The zero-order valence-electron chi connectivity index (χ0n) is 13.1. The Labute approximate surface area is 155 Å². The van der Waals surface area contributed by atoms with Crippen molar-refractivity contribution in [3.05, 3.63) is 29.3 Å². The lowest BCUT2D eigenvalue weighted by atomic mass is 9.90. The summed E-state index contributed by atoms with van der Waals surface area (Å²) in [5.41, 5.74) is 9.65. The maximum atomic E-state index is 11.8. The molecule has 1 atom stereocenters. The van der Waals surface area contributed by atoms with Crippen LogP contribution in [0.3, 0.4) is 0 Å². The number of benzene rings is 1. The molecule has 1 fully saturated rings. The molecule has 5 nitrogen and oxygen atoms in total. The number of hydrogen-bond acceptors (Lipinski definition) is 3. The monoisotopic (exact) mass is 449 g/mol. The molecule has 7 heteroatoms. The van der Waals surface area contributed by atoms with Gasteiger partial charge in [0.15, 0.2) is 15.8 Å². The quantitative estimate of drug-likeness (QED) is 0.422. The molecule has 0 bridgehead atoms. The van der Waals surface area contributed by atoms with E-state index in [9.17, 15) is 8.42 Å². The molecule has 1 heterocycles. The molecule has 0 aromatic heterocycles. The minimum absolute atomic E-state index is 0. The number of sulfone groups is 1. The van der Waals surface area contributed by atoms with Gasteiger partial charge in [-0.2, -0.15) is 0 Å².